The molecule has 0 fully saturated rings. The molecule has 2 spiro atoms. The van der Waals surface area contributed by atoms with Gasteiger partial charge in [0.15, 0.2) is 11.3 Å². The highest BCUT2D eigenvalue weighted by atomic mass is 16.3. The van der Waals surface area contributed by atoms with Crippen LogP contribution in [0, 0.1) is 0 Å². The Labute approximate surface area is 319 Å². The molecule has 2 atom stereocenters. The molecule has 5 aliphatic rings. The van der Waals surface area contributed by atoms with E-state index >= 15 is 0 Å². The van der Waals surface area contributed by atoms with E-state index in [1.807, 2.05) is 91.3 Å². The molecule has 56 heavy (non-hydrogen) atoms. The highest BCUT2D eigenvalue weighted by Gasteiger charge is 2.49. The Morgan fingerprint density at radius 1 is 0.518 bits per heavy atom. The van der Waals surface area contributed by atoms with Crippen LogP contribution in [0.5, 0.6) is 0 Å². The Bertz CT molecular complexity index is 3260. The first-order valence-corrected chi connectivity index (χ1v) is 18.7. The molecule has 0 amide bonds. The average molecular weight is 721 g/mol. The molecule has 0 saturated heterocycles. The van der Waals surface area contributed by atoms with E-state index in [4.69, 9.17) is 15.0 Å². The Kier molecular flexibility index (Phi) is 5.40. The van der Waals surface area contributed by atoms with Gasteiger partial charge in [-0.25, -0.2) is 4.99 Å². The lowest BCUT2D eigenvalue weighted by molar-refractivity contribution is -0.109. The van der Waals surface area contributed by atoms with E-state index in [1.165, 1.54) is 0 Å². The number of fused-ring (bicyclic) bond motifs is 10. The highest BCUT2D eigenvalue weighted by Crippen LogP contribution is 2.55. The Morgan fingerprint density at radius 3 is 2.02 bits per heavy atom. The quantitative estimate of drug-likeness (QED) is 0.136. The third kappa shape index (κ3) is 3.46. The van der Waals surface area contributed by atoms with Gasteiger partial charge in [-0.05, 0) is 35.0 Å². The number of rotatable bonds is 1. The van der Waals surface area contributed by atoms with Crippen molar-refractivity contribution in [2.24, 2.45) is 4.99 Å². The van der Waals surface area contributed by atoms with E-state index < -0.39 is 11.3 Å². The molecule has 4 heterocycles. The molecule has 262 valence electrons. The molecule has 2 aliphatic heterocycles. The average Bonchev–Trinajstić information content (AvgIpc) is 3.66. The van der Waals surface area contributed by atoms with Gasteiger partial charge >= 0.3 is 0 Å². The fourth-order valence-electron chi connectivity index (χ4n) is 10.00. The fraction of sp³-hybridized carbons (Fsp3) is 0.0417. The second-order valence-corrected chi connectivity index (χ2v) is 15.0. The first-order valence-electron chi connectivity index (χ1n) is 18.7. The molecule has 2 unspecified atom stereocenters. The SMILES string of the molecule is O=C1C(c2ccc3cccc4c3c2NC2(N4)c3ccccc3-c3ncccc32)=C(O)/C1=c1/ccc2cccc3c2c1NC1(N=3)c2ccccc2-c2ncccc21. The summed E-state index contributed by atoms with van der Waals surface area (Å²) in [6.45, 7) is 0. The summed E-state index contributed by atoms with van der Waals surface area (Å²) in [7, 11) is 0. The summed E-state index contributed by atoms with van der Waals surface area (Å²) in [4.78, 5) is 29.8. The lowest BCUT2D eigenvalue weighted by Crippen LogP contribution is -2.45. The van der Waals surface area contributed by atoms with Gasteiger partial charge < -0.3 is 21.1 Å². The number of nitrogens with zero attached hydrogens (tertiary/aromatic N) is 3. The van der Waals surface area contributed by atoms with Crippen LogP contribution in [0.4, 0.5) is 17.1 Å². The van der Waals surface area contributed by atoms with Crippen molar-refractivity contribution in [1.82, 2.24) is 9.97 Å². The minimum Gasteiger partial charge on any atom is -0.506 e. The van der Waals surface area contributed by atoms with E-state index in [2.05, 4.69) is 70.5 Å². The molecule has 13 rings (SSSR count). The van der Waals surface area contributed by atoms with E-state index in [0.29, 0.717) is 10.8 Å². The Balaban J connectivity index is 1.04. The number of allylic oxidation sites excluding steroid dienone is 2. The summed E-state index contributed by atoms with van der Waals surface area (Å²) in [5.41, 5.74) is 9.63. The van der Waals surface area contributed by atoms with E-state index in [1.54, 1.807) is 0 Å². The summed E-state index contributed by atoms with van der Waals surface area (Å²) in [6.07, 6.45) is 3.63. The van der Waals surface area contributed by atoms with Gasteiger partial charge in [0.05, 0.1) is 39.3 Å². The van der Waals surface area contributed by atoms with Crippen molar-refractivity contribution in [3.05, 3.63) is 190 Å². The first kappa shape index (κ1) is 29.8. The number of Topliss-reactive ketones (excluding diaryl/α,β-unsaturated/α-hetero) is 1. The van der Waals surface area contributed by atoms with Crippen molar-refractivity contribution in [3.8, 4) is 22.5 Å². The van der Waals surface area contributed by atoms with Crippen LogP contribution in [0.2, 0.25) is 0 Å². The van der Waals surface area contributed by atoms with Crippen LogP contribution in [0.3, 0.4) is 0 Å². The van der Waals surface area contributed by atoms with Crippen LogP contribution in [0.15, 0.2) is 157 Å². The van der Waals surface area contributed by atoms with Gasteiger partial charge in [-0.1, -0.05) is 109 Å². The van der Waals surface area contributed by atoms with Crippen molar-refractivity contribution >= 4 is 55.5 Å². The summed E-state index contributed by atoms with van der Waals surface area (Å²) in [5.74, 6) is -0.258. The van der Waals surface area contributed by atoms with Crippen LogP contribution in [0.1, 0.15) is 27.8 Å². The molecule has 4 N–H and O–H groups in total. The predicted molar refractivity (Wildman–Crippen MR) is 218 cm³/mol. The maximum Gasteiger partial charge on any atom is 0.201 e. The van der Waals surface area contributed by atoms with Gasteiger partial charge in [0.25, 0.3) is 0 Å². The topological polar surface area (TPSA) is 112 Å². The molecule has 8 heteroatoms. The monoisotopic (exact) mass is 720 g/mol. The number of aromatic nitrogens is 2. The second kappa shape index (κ2) is 10.1. The maximum atomic E-state index is 14.8. The van der Waals surface area contributed by atoms with Crippen molar-refractivity contribution in [2.45, 2.75) is 11.3 Å². The van der Waals surface area contributed by atoms with E-state index in [9.17, 15) is 9.90 Å². The number of pyridine rings is 2. The van der Waals surface area contributed by atoms with Gasteiger partial charge in [-0.2, -0.15) is 0 Å². The highest BCUT2D eigenvalue weighted by molar-refractivity contribution is 6.52. The third-order valence-corrected chi connectivity index (χ3v) is 12.3. The molecule has 6 aromatic carbocycles. The smallest absolute Gasteiger partial charge is 0.201 e. The van der Waals surface area contributed by atoms with Crippen LogP contribution in [-0.2, 0) is 16.1 Å². The summed E-state index contributed by atoms with van der Waals surface area (Å²) in [5, 5.41) is 29.1. The van der Waals surface area contributed by atoms with Gasteiger partial charge in [0.1, 0.15) is 5.76 Å². The van der Waals surface area contributed by atoms with Gasteiger partial charge in [0, 0.05) is 73.0 Å². The number of nitrogens with one attached hydrogen (secondary N) is 3. The lowest BCUT2D eigenvalue weighted by atomic mass is 9.79. The molecule has 0 saturated carbocycles. The molecular weight excluding hydrogens is 693 g/mol. The van der Waals surface area contributed by atoms with Crippen molar-refractivity contribution in [1.29, 1.82) is 0 Å². The summed E-state index contributed by atoms with van der Waals surface area (Å²) in [6, 6.07) is 44.7. The largest absolute Gasteiger partial charge is 0.506 e. The zero-order valence-electron chi connectivity index (χ0n) is 29.6. The molecule has 2 aromatic heterocycles. The molecule has 0 bridgehead atoms. The van der Waals surface area contributed by atoms with E-state index in [0.717, 1.165) is 88.7 Å². The normalized spacial score (nSPS) is 21.1. The Hall–Kier alpha value is -7.58. The number of hydrogen-bond donors (Lipinski definition) is 4. The first-order chi connectivity index (χ1) is 27.6. The second-order valence-electron chi connectivity index (χ2n) is 15.0. The predicted octanol–water partition coefficient (Wildman–Crippen LogP) is 8.13. The minimum absolute atomic E-state index is 0.0355. The Morgan fingerprint density at radius 2 is 1.20 bits per heavy atom. The molecule has 8 nitrogen and oxygen atoms in total. The zero-order valence-corrected chi connectivity index (χ0v) is 29.6. The van der Waals surface area contributed by atoms with Crippen LogP contribution in [-0.4, -0.2) is 20.9 Å². The number of aliphatic hydroxyl groups excluding tert-OH is 1. The number of ketones is 1. The summed E-state index contributed by atoms with van der Waals surface area (Å²) >= 11 is 0. The molecular formula is C48H28N6O2. The van der Waals surface area contributed by atoms with Crippen LogP contribution >= 0.6 is 0 Å². The standard InChI is InChI=1S/C48H28N6O2/c55-45-39(29-21-19-25-9-5-17-35-37(25)43(29)53-47(51-35)31-13-3-1-11-27(31)41-33(47)15-7-23-49-41)46(56)40(45)30-22-20-26-10-6-18-36-38(26)44(30)54-48(52-36)32-14-4-2-12-28(32)42-34(48)16-8-24-50-42/h1-24,51,53-55H/b40-30+. The number of anilines is 3. The van der Waals surface area contributed by atoms with Crippen LogP contribution in [0.25, 0.3) is 55.2 Å². The number of carbonyl (C=O) groups is 1. The molecule has 3 aliphatic carbocycles. The lowest BCUT2D eigenvalue weighted by Gasteiger charge is -2.41. The molecule has 0 radical (unpaired) electrons. The van der Waals surface area contributed by atoms with E-state index in [-0.39, 0.29) is 22.7 Å². The van der Waals surface area contributed by atoms with Gasteiger partial charge in [0.2, 0.25) is 5.78 Å². The zero-order chi connectivity index (χ0) is 36.9. The minimum atomic E-state index is -0.972. The molecule has 8 aromatic rings. The van der Waals surface area contributed by atoms with Gasteiger partial charge in [-0.3, -0.25) is 14.8 Å². The van der Waals surface area contributed by atoms with Gasteiger partial charge in [-0.15, -0.1) is 0 Å². The van der Waals surface area contributed by atoms with Crippen molar-refractivity contribution in [2.75, 3.05) is 16.0 Å². The number of hydrogen-bond acceptors (Lipinski definition) is 8. The van der Waals surface area contributed by atoms with Crippen molar-refractivity contribution < 1.29 is 9.90 Å². The third-order valence-electron chi connectivity index (χ3n) is 12.3. The fourth-order valence-corrected chi connectivity index (χ4v) is 10.00. The summed E-state index contributed by atoms with van der Waals surface area (Å²) < 4.78 is 0. The maximum absolute atomic E-state index is 14.8. The number of aliphatic hydroxyl groups is 1. The van der Waals surface area contributed by atoms with Crippen molar-refractivity contribution in [3.63, 3.8) is 0 Å². The number of carbonyl (C=O) groups excluding carboxylic acids is 1. The van der Waals surface area contributed by atoms with Crippen LogP contribution < -0.4 is 26.5 Å². The number of benzene rings is 6.